The van der Waals surface area contributed by atoms with E-state index in [2.05, 4.69) is 21.1 Å². The van der Waals surface area contributed by atoms with E-state index in [1.807, 2.05) is 30.3 Å². The highest BCUT2D eigenvalue weighted by Gasteiger charge is 2.18. The number of anilines is 2. The van der Waals surface area contributed by atoms with Crippen LogP contribution in [-0.4, -0.2) is 63.6 Å². The van der Waals surface area contributed by atoms with Crippen molar-refractivity contribution in [2.24, 2.45) is 0 Å². The van der Waals surface area contributed by atoms with E-state index in [1.54, 1.807) is 19.2 Å². The van der Waals surface area contributed by atoms with Gasteiger partial charge in [0.1, 0.15) is 5.75 Å². The summed E-state index contributed by atoms with van der Waals surface area (Å²) in [7, 11) is -1.79. The second-order valence-corrected chi connectivity index (χ2v) is 9.68. The van der Waals surface area contributed by atoms with Gasteiger partial charge in [0.25, 0.3) is 0 Å². The smallest absolute Gasteiger partial charge is 0.233 e. The molecule has 3 N–H and O–H groups in total. The van der Waals surface area contributed by atoms with Gasteiger partial charge in [-0.2, -0.15) is 0 Å². The minimum absolute atomic E-state index is 0.0492. The maximum Gasteiger partial charge on any atom is 0.233 e. The van der Waals surface area contributed by atoms with Crippen LogP contribution in [0.5, 0.6) is 5.75 Å². The van der Waals surface area contributed by atoms with E-state index in [0.29, 0.717) is 31.1 Å². The van der Waals surface area contributed by atoms with Crippen molar-refractivity contribution in [1.29, 1.82) is 0 Å². The second kappa shape index (κ2) is 9.40. The topological polar surface area (TPSA) is 98.8 Å². The third-order valence-corrected chi connectivity index (χ3v) is 7.11. The van der Waals surface area contributed by atoms with Crippen LogP contribution in [-0.2, 0) is 21.3 Å². The van der Waals surface area contributed by atoms with Crippen molar-refractivity contribution in [3.63, 3.8) is 0 Å². The normalized spacial score (nSPS) is 15.2. The van der Waals surface area contributed by atoms with Crippen LogP contribution in [0, 0.1) is 0 Å². The van der Waals surface area contributed by atoms with Gasteiger partial charge in [-0.25, -0.2) is 8.42 Å². The highest BCUT2D eigenvalue weighted by atomic mass is 32.2. The third kappa shape index (κ3) is 4.69. The molecule has 0 spiro atoms. The molecule has 1 aliphatic rings. The Labute approximate surface area is 189 Å². The van der Waals surface area contributed by atoms with Crippen LogP contribution < -0.4 is 15.2 Å². The molecule has 9 heteroatoms. The number of hydrogen-bond donors (Lipinski definition) is 2. The lowest BCUT2D eigenvalue weighted by atomic mass is 10.1. The summed E-state index contributed by atoms with van der Waals surface area (Å²) in [4.78, 5) is 2.10. The van der Waals surface area contributed by atoms with Crippen LogP contribution in [0.25, 0.3) is 22.2 Å². The van der Waals surface area contributed by atoms with Crippen molar-refractivity contribution in [3.05, 3.63) is 42.5 Å². The number of rotatable bonds is 8. The summed E-state index contributed by atoms with van der Waals surface area (Å²) in [6.45, 7) is 6.14. The van der Waals surface area contributed by atoms with Crippen molar-refractivity contribution < 1.29 is 17.9 Å². The molecule has 0 atom stereocenters. The zero-order chi connectivity index (χ0) is 22.7. The first kappa shape index (κ1) is 22.4. The Morgan fingerprint density at radius 3 is 2.50 bits per heavy atom. The van der Waals surface area contributed by atoms with Gasteiger partial charge in [-0.15, -0.1) is 0 Å². The molecule has 1 saturated heterocycles. The summed E-state index contributed by atoms with van der Waals surface area (Å²) in [6, 6.07) is 13.2. The number of nitrogens with two attached hydrogens (primary N) is 1. The lowest BCUT2D eigenvalue weighted by molar-refractivity contribution is 0.0408. The largest absolute Gasteiger partial charge is 0.497 e. The molecule has 1 aliphatic heterocycles. The lowest BCUT2D eigenvalue weighted by Crippen LogP contribution is -2.39. The number of fused-ring (bicyclic) bond motifs is 1. The average molecular weight is 459 g/mol. The number of sulfonamides is 1. The molecule has 3 aromatic rings. The quantitative estimate of drug-likeness (QED) is 0.538. The predicted octanol–water partition coefficient (Wildman–Crippen LogP) is 2.99. The Bertz CT molecular complexity index is 1180. The zero-order valence-electron chi connectivity index (χ0n) is 18.5. The first-order valence-electron chi connectivity index (χ1n) is 10.8. The van der Waals surface area contributed by atoms with Crippen molar-refractivity contribution in [1.82, 2.24) is 9.47 Å². The first-order chi connectivity index (χ1) is 15.4. The summed E-state index contributed by atoms with van der Waals surface area (Å²) >= 11 is 0. The molecule has 2 heterocycles. The Morgan fingerprint density at radius 1 is 1.12 bits per heavy atom. The first-order valence-corrected chi connectivity index (χ1v) is 12.4. The molecule has 4 rings (SSSR count). The van der Waals surface area contributed by atoms with Crippen LogP contribution in [0.4, 0.5) is 11.4 Å². The minimum atomic E-state index is -3.44. The summed E-state index contributed by atoms with van der Waals surface area (Å²) in [5.41, 5.74) is 10.6. The molecule has 0 bridgehead atoms. The van der Waals surface area contributed by atoms with Gasteiger partial charge in [0.05, 0.1) is 43.0 Å². The molecule has 0 aliphatic carbocycles. The summed E-state index contributed by atoms with van der Waals surface area (Å²) < 4.78 is 40.6. The molecule has 8 nitrogen and oxygen atoms in total. The van der Waals surface area contributed by atoms with Crippen LogP contribution in [0.3, 0.4) is 0 Å². The van der Waals surface area contributed by atoms with Crippen molar-refractivity contribution in [3.8, 4) is 17.0 Å². The van der Waals surface area contributed by atoms with Gasteiger partial charge >= 0.3 is 0 Å². The summed E-state index contributed by atoms with van der Waals surface area (Å²) in [5.74, 6) is 0.825. The number of aryl methyl sites for hydroxylation is 1. The molecule has 1 aromatic heterocycles. The maximum absolute atomic E-state index is 12.5. The van der Waals surface area contributed by atoms with Crippen molar-refractivity contribution >= 4 is 32.3 Å². The van der Waals surface area contributed by atoms with Crippen molar-refractivity contribution in [2.45, 2.75) is 13.5 Å². The highest BCUT2D eigenvalue weighted by Crippen LogP contribution is 2.38. The van der Waals surface area contributed by atoms with E-state index in [9.17, 15) is 8.42 Å². The molecular formula is C23H30N4O4S. The van der Waals surface area contributed by atoms with E-state index >= 15 is 0 Å². The van der Waals surface area contributed by atoms with Gasteiger partial charge in [0.2, 0.25) is 10.0 Å². The van der Waals surface area contributed by atoms with Crippen LogP contribution in [0.2, 0.25) is 0 Å². The fraction of sp³-hybridized carbons (Fsp3) is 0.391. The predicted molar refractivity (Wildman–Crippen MR) is 129 cm³/mol. The van der Waals surface area contributed by atoms with E-state index < -0.39 is 10.0 Å². The monoisotopic (exact) mass is 458 g/mol. The van der Waals surface area contributed by atoms with E-state index in [-0.39, 0.29) is 5.75 Å². The van der Waals surface area contributed by atoms with Crippen LogP contribution in [0.1, 0.15) is 6.92 Å². The Balaban J connectivity index is 1.53. The SMILES string of the molecule is CCn1c(-c2ccc(NS(=O)(=O)CCN3CCOCC3)cc2)c(N)c2ccc(OC)cc21. The molecule has 172 valence electrons. The van der Waals surface area contributed by atoms with Crippen LogP contribution >= 0.6 is 0 Å². The Morgan fingerprint density at radius 2 is 1.84 bits per heavy atom. The fourth-order valence-electron chi connectivity index (χ4n) is 4.12. The zero-order valence-corrected chi connectivity index (χ0v) is 19.3. The second-order valence-electron chi connectivity index (χ2n) is 7.84. The number of aromatic nitrogens is 1. The molecule has 0 unspecified atom stereocenters. The van der Waals surface area contributed by atoms with Crippen LogP contribution in [0.15, 0.2) is 42.5 Å². The van der Waals surface area contributed by atoms with E-state index in [1.165, 1.54) is 0 Å². The number of nitrogen functional groups attached to an aromatic ring is 1. The lowest BCUT2D eigenvalue weighted by Gasteiger charge is -2.26. The molecule has 0 saturated carbocycles. The molecule has 1 fully saturated rings. The Hall–Kier alpha value is -2.75. The highest BCUT2D eigenvalue weighted by molar-refractivity contribution is 7.92. The summed E-state index contributed by atoms with van der Waals surface area (Å²) in [6.07, 6.45) is 0. The maximum atomic E-state index is 12.5. The van der Waals surface area contributed by atoms with Crippen molar-refractivity contribution in [2.75, 3.05) is 56.2 Å². The number of nitrogens with one attached hydrogen (secondary N) is 1. The summed E-state index contributed by atoms with van der Waals surface area (Å²) in [5, 5.41) is 0.968. The number of morpholine rings is 1. The van der Waals surface area contributed by atoms with Gasteiger partial charge in [-0.3, -0.25) is 9.62 Å². The average Bonchev–Trinajstić information content (AvgIpc) is 3.09. The van der Waals surface area contributed by atoms with Gasteiger partial charge in [0, 0.05) is 48.9 Å². The molecule has 0 radical (unpaired) electrons. The number of methoxy groups -OCH3 is 1. The van der Waals surface area contributed by atoms with E-state index in [4.69, 9.17) is 15.2 Å². The number of ether oxygens (including phenoxy) is 2. The Kier molecular flexibility index (Phi) is 6.59. The minimum Gasteiger partial charge on any atom is -0.497 e. The molecule has 0 amide bonds. The van der Waals surface area contributed by atoms with Gasteiger partial charge < -0.3 is 19.8 Å². The number of benzene rings is 2. The van der Waals surface area contributed by atoms with E-state index in [0.717, 1.165) is 47.5 Å². The molecule has 32 heavy (non-hydrogen) atoms. The standard InChI is InChI=1S/C23H30N4O4S/c1-3-27-21-16-19(30-2)8-9-20(21)22(24)23(27)17-4-6-18(7-5-17)25-32(28,29)15-12-26-10-13-31-14-11-26/h4-9,16,25H,3,10-15,24H2,1-2H3. The number of hydrogen-bond acceptors (Lipinski definition) is 6. The fourth-order valence-corrected chi connectivity index (χ4v) is 5.22. The van der Waals surface area contributed by atoms with Gasteiger partial charge in [-0.05, 0) is 31.2 Å². The van der Waals surface area contributed by atoms with Gasteiger partial charge in [0.15, 0.2) is 0 Å². The van der Waals surface area contributed by atoms with Gasteiger partial charge in [-0.1, -0.05) is 12.1 Å². The number of nitrogens with zero attached hydrogens (tertiary/aromatic N) is 2. The molecular weight excluding hydrogens is 428 g/mol. The third-order valence-electron chi connectivity index (χ3n) is 5.84. The molecule has 2 aromatic carbocycles.